The summed E-state index contributed by atoms with van der Waals surface area (Å²) >= 11 is 0. The number of carbonyl (C=O) groups is 1. The summed E-state index contributed by atoms with van der Waals surface area (Å²) in [5.41, 5.74) is 3.38. The number of para-hydroxylation sites is 1. The Bertz CT molecular complexity index is 414. The molecule has 3 heteroatoms. The molecule has 1 aliphatic rings. The summed E-state index contributed by atoms with van der Waals surface area (Å²) in [6, 6.07) is 6.12. The number of carbonyl (C=O) groups excluding carboxylic acids is 1. The van der Waals surface area contributed by atoms with Gasteiger partial charge in [-0.15, -0.1) is 0 Å². The predicted octanol–water partition coefficient (Wildman–Crippen LogP) is 2.27. The van der Waals surface area contributed by atoms with Crippen LogP contribution in [0.4, 0.5) is 11.4 Å². The summed E-state index contributed by atoms with van der Waals surface area (Å²) in [6.07, 6.45) is 0.979. The monoisotopic (exact) mass is 218 g/mol. The van der Waals surface area contributed by atoms with Gasteiger partial charge in [-0.2, -0.15) is 0 Å². The van der Waals surface area contributed by atoms with Crippen molar-refractivity contribution in [3.63, 3.8) is 0 Å². The molecule has 0 spiro atoms. The molecule has 1 aliphatic heterocycles. The summed E-state index contributed by atoms with van der Waals surface area (Å²) in [5, 5.41) is 3.39. The molecule has 0 aliphatic carbocycles. The van der Waals surface area contributed by atoms with Crippen LogP contribution in [0.3, 0.4) is 0 Å². The van der Waals surface area contributed by atoms with Gasteiger partial charge in [0.25, 0.3) is 0 Å². The third kappa shape index (κ3) is 1.66. The van der Waals surface area contributed by atoms with Crippen molar-refractivity contribution in [3.8, 4) is 0 Å². The van der Waals surface area contributed by atoms with E-state index in [1.165, 1.54) is 5.56 Å². The van der Waals surface area contributed by atoms with Crippen LogP contribution < -0.4 is 10.2 Å². The molecule has 1 heterocycles. The summed E-state index contributed by atoms with van der Waals surface area (Å²) < 4.78 is 0. The molecule has 2 rings (SSSR count). The van der Waals surface area contributed by atoms with E-state index in [0.29, 0.717) is 6.54 Å². The first-order valence-electron chi connectivity index (χ1n) is 5.78. The largest absolute Gasteiger partial charge is 0.382 e. The van der Waals surface area contributed by atoms with E-state index in [1.807, 2.05) is 26.1 Å². The number of rotatable bonds is 1. The summed E-state index contributed by atoms with van der Waals surface area (Å²) in [4.78, 5) is 13.8. The highest BCUT2D eigenvalue weighted by Crippen LogP contribution is 2.32. The molecule has 0 bridgehead atoms. The zero-order valence-electron chi connectivity index (χ0n) is 10.1. The van der Waals surface area contributed by atoms with Crippen LogP contribution in [0.1, 0.15) is 19.4 Å². The quantitative estimate of drug-likeness (QED) is 0.784. The number of fused-ring (bicyclic) bond motifs is 1. The van der Waals surface area contributed by atoms with Gasteiger partial charge in [-0.25, -0.2) is 0 Å². The van der Waals surface area contributed by atoms with Crippen LogP contribution in [0.2, 0.25) is 0 Å². The molecular formula is C13H18N2O. The molecule has 3 nitrogen and oxygen atoms in total. The summed E-state index contributed by atoms with van der Waals surface area (Å²) in [6.45, 7) is 4.81. The van der Waals surface area contributed by atoms with Gasteiger partial charge in [-0.1, -0.05) is 26.0 Å². The number of aryl methyl sites for hydroxylation is 1. The first-order chi connectivity index (χ1) is 7.65. The third-order valence-electron chi connectivity index (χ3n) is 3.21. The number of benzene rings is 1. The zero-order valence-corrected chi connectivity index (χ0v) is 10.1. The van der Waals surface area contributed by atoms with Gasteiger partial charge in [0, 0.05) is 13.6 Å². The Hall–Kier alpha value is -1.51. The highest BCUT2D eigenvalue weighted by Gasteiger charge is 2.25. The fraction of sp³-hybridized carbons (Fsp3) is 0.462. The van der Waals surface area contributed by atoms with Crippen LogP contribution in [0, 0.1) is 5.92 Å². The average Bonchev–Trinajstić information content (AvgIpc) is 2.42. The van der Waals surface area contributed by atoms with Crippen LogP contribution >= 0.6 is 0 Å². The second kappa shape index (κ2) is 4.16. The molecule has 1 aromatic rings. The molecule has 86 valence electrons. The predicted molar refractivity (Wildman–Crippen MR) is 66.9 cm³/mol. The van der Waals surface area contributed by atoms with Gasteiger partial charge >= 0.3 is 0 Å². The topological polar surface area (TPSA) is 32.3 Å². The lowest BCUT2D eigenvalue weighted by molar-refractivity contribution is -0.121. The molecule has 16 heavy (non-hydrogen) atoms. The fourth-order valence-corrected chi connectivity index (χ4v) is 2.16. The van der Waals surface area contributed by atoms with Crippen LogP contribution in [-0.2, 0) is 11.2 Å². The smallest absolute Gasteiger partial charge is 0.231 e. The van der Waals surface area contributed by atoms with E-state index in [2.05, 4.69) is 18.3 Å². The van der Waals surface area contributed by atoms with E-state index in [0.717, 1.165) is 17.8 Å². The van der Waals surface area contributed by atoms with E-state index in [-0.39, 0.29) is 11.8 Å². The van der Waals surface area contributed by atoms with Gasteiger partial charge in [0.1, 0.15) is 0 Å². The second-order valence-electron chi connectivity index (χ2n) is 4.34. The van der Waals surface area contributed by atoms with Gasteiger partial charge in [0.05, 0.1) is 17.3 Å². The van der Waals surface area contributed by atoms with Crippen molar-refractivity contribution in [2.24, 2.45) is 5.92 Å². The molecular weight excluding hydrogens is 200 g/mol. The summed E-state index contributed by atoms with van der Waals surface area (Å²) in [7, 11) is 1.85. The lowest BCUT2D eigenvalue weighted by atomic mass is 10.1. The van der Waals surface area contributed by atoms with Crippen LogP contribution in [0.5, 0.6) is 0 Å². The number of anilines is 2. The molecule has 1 aromatic carbocycles. The molecule has 0 saturated carbocycles. The summed E-state index contributed by atoms with van der Waals surface area (Å²) in [5.74, 6) is 0.210. The number of amides is 1. The lowest BCUT2D eigenvalue weighted by Crippen LogP contribution is -2.31. The second-order valence-corrected chi connectivity index (χ2v) is 4.34. The number of hydrogen-bond donors (Lipinski definition) is 1. The van der Waals surface area contributed by atoms with Crippen molar-refractivity contribution in [1.29, 1.82) is 0 Å². The molecule has 0 radical (unpaired) electrons. The first kappa shape index (κ1) is 11.0. The maximum atomic E-state index is 12.0. The Labute approximate surface area is 96.5 Å². The van der Waals surface area contributed by atoms with Crippen molar-refractivity contribution in [3.05, 3.63) is 23.8 Å². The third-order valence-corrected chi connectivity index (χ3v) is 3.21. The zero-order chi connectivity index (χ0) is 11.7. The highest BCUT2D eigenvalue weighted by atomic mass is 16.2. The fourth-order valence-electron chi connectivity index (χ4n) is 2.16. The van der Waals surface area contributed by atoms with E-state index in [1.54, 1.807) is 4.90 Å². The van der Waals surface area contributed by atoms with Crippen LogP contribution in [0.25, 0.3) is 0 Å². The lowest BCUT2D eigenvalue weighted by Gasteiger charge is -2.19. The van der Waals surface area contributed by atoms with Gasteiger partial charge < -0.3 is 10.2 Å². The Balaban J connectivity index is 2.51. The van der Waals surface area contributed by atoms with Crippen LogP contribution in [0.15, 0.2) is 18.2 Å². The Morgan fingerprint density at radius 3 is 2.94 bits per heavy atom. The van der Waals surface area contributed by atoms with Gasteiger partial charge in [0.2, 0.25) is 5.91 Å². The maximum absolute atomic E-state index is 12.0. The minimum Gasteiger partial charge on any atom is -0.382 e. The molecule has 1 unspecified atom stereocenters. The van der Waals surface area contributed by atoms with E-state index < -0.39 is 0 Å². The maximum Gasteiger partial charge on any atom is 0.231 e. The van der Waals surface area contributed by atoms with Crippen LogP contribution in [-0.4, -0.2) is 19.5 Å². The number of nitrogens with one attached hydrogen (secondary N) is 1. The van der Waals surface area contributed by atoms with Crippen molar-refractivity contribution in [1.82, 2.24) is 0 Å². The van der Waals surface area contributed by atoms with Crippen molar-refractivity contribution < 1.29 is 4.79 Å². The van der Waals surface area contributed by atoms with E-state index in [4.69, 9.17) is 0 Å². The SMILES string of the molecule is CCc1cccc2c1NCC(C)C(=O)N2C. The molecule has 0 aromatic heterocycles. The van der Waals surface area contributed by atoms with E-state index in [9.17, 15) is 4.79 Å². The highest BCUT2D eigenvalue weighted by molar-refractivity contribution is 5.99. The Morgan fingerprint density at radius 1 is 1.50 bits per heavy atom. The molecule has 0 fully saturated rings. The average molecular weight is 218 g/mol. The molecule has 1 atom stereocenters. The van der Waals surface area contributed by atoms with Gasteiger partial charge in [-0.05, 0) is 18.1 Å². The Morgan fingerprint density at radius 2 is 2.25 bits per heavy atom. The molecule has 1 amide bonds. The molecule has 0 saturated heterocycles. The number of hydrogen-bond acceptors (Lipinski definition) is 2. The van der Waals surface area contributed by atoms with Crippen molar-refractivity contribution in [2.45, 2.75) is 20.3 Å². The first-order valence-corrected chi connectivity index (χ1v) is 5.78. The molecule has 1 N–H and O–H groups in total. The Kier molecular flexibility index (Phi) is 2.86. The van der Waals surface area contributed by atoms with Crippen molar-refractivity contribution in [2.75, 3.05) is 23.8 Å². The minimum absolute atomic E-state index is 0.0297. The normalized spacial score (nSPS) is 20.1. The van der Waals surface area contributed by atoms with Crippen molar-refractivity contribution >= 4 is 17.3 Å². The minimum atomic E-state index is 0.0297. The van der Waals surface area contributed by atoms with Gasteiger partial charge in [-0.3, -0.25) is 4.79 Å². The number of nitrogens with zero attached hydrogens (tertiary/aromatic N) is 1. The standard InChI is InChI=1S/C13H18N2O/c1-4-10-6-5-7-11-12(10)14-8-9(2)13(16)15(11)3/h5-7,9,14H,4,8H2,1-3H3. The van der Waals surface area contributed by atoms with E-state index >= 15 is 0 Å². The van der Waals surface area contributed by atoms with Gasteiger partial charge in [0.15, 0.2) is 0 Å².